The molecule has 0 spiro atoms. The lowest BCUT2D eigenvalue weighted by Crippen LogP contribution is -2.35. The fourth-order valence-corrected chi connectivity index (χ4v) is 2.08. The van der Waals surface area contributed by atoms with Gasteiger partial charge in [-0.15, -0.1) is 0 Å². The van der Waals surface area contributed by atoms with Crippen molar-refractivity contribution in [1.29, 1.82) is 0 Å². The molecule has 0 amide bonds. The second kappa shape index (κ2) is 6.58. The van der Waals surface area contributed by atoms with E-state index < -0.39 is 0 Å². The summed E-state index contributed by atoms with van der Waals surface area (Å²) < 4.78 is 5.22. The Kier molecular flexibility index (Phi) is 4.80. The van der Waals surface area contributed by atoms with Gasteiger partial charge in [0.15, 0.2) is 5.96 Å². The molecule has 1 heterocycles. The predicted molar refractivity (Wildman–Crippen MR) is 83.3 cm³/mol. The van der Waals surface area contributed by atoms with Crippen LogP contribution in [0.4, 0.5) is 0 Å². The Morgan fingerprint density at radius 1 is 1.24 bits per heavy atom. The standard InChI is InChI=1S/C14H18ClN5O/c1-19(2)14(20(3)4)16-9-12-17-13(18-21-12)10-6-5-7-11(15)8-10/h5-8H,9H2,1-4H3. The molecule has 0 N–H and O–H groups in total. The van der Waals surface area contributed by atoms with Crippen LogP contribution in [0, 0.1) is 0 Å². The highest BCUT2D eigenvalue weighted by Gasteiger charge is 2.10. The highest BCUT2D eigenvalue weighted by Crippen LogP contribution is 2.20. The van der Waals surface area contributed by atoms with Gasteiger partial charge in [-0.25, -0.2) is 4.99 Å². The Hall–Kier alpha value is -2.08. The first-order valence-corrected chi connectivity index (χ1v) is 6.83. The summed E-state index contributed by atoms with van der Waals surface area (Å²) in [4.78, 5) is 12.6. The first-order valence-electron chi connectivity index (χ1n) is 6.45. The molecule has 21 heavy (non-hydrogen) atoms. The summed E-state index contributed by atoms with van der Waals surface area (Å²) in [7, 11) is 7.74. The third-order valence-electron chi connectivity index (χ3n) is 2.71. The number of aliphatic imine (C=N–C) groups is 1. The quantitative estimate of drug-likeness (QED) is 0.643. The number of halogens is 1. The van der Waals surface area contributed by atoms with Crippen LogP contribution in [0.2, 0.25) is 5.02 Å². The van der Waals surface area contributed by atoms with Gasteiger partial charge in [-0.1, -0.05) is 28.9 Å². The molecule has 0 aliphatic rings. The van der Waals surface area contributed by atoms with Crippen molar-refractivity contribution in [3.8, 4) is 11.4 Å². The zero-order valence-electron chi connectivity index (χ0n) is 12.5. The zero-order valence-corrected chi connectivity index (χ0v) is 13.3. The molecular formula is C14H18ClN5O. The Morgan fingerprint density at radius 2 is 1.95 bits per heavy atom. The Labute approximate surface area is 129 Å². The lowest BCUT2D eigenvalue weighted by molar-refractivity contribution is 0.378. The van der Waals surface area contributed by atoms with Crippen LogP contribution in [0.5, 0.6) is 0 Å². The van der Waals surface area contributed by atoms with Crippen LogP contribution in [0.3, 0.4) is 0 Å². The smallest absolute Gasteiger partial charge is 0.248 e. The molecule has 1 aromatic heterocycles. The molecule has 0 fully saturated rings. The molecule has 0 radical (unpaired) electrons. The number of hydrogen-bond acceptors (Lipinski definition) is 4. The summed E-state index contributed by atoms with van der Waals surface area (Å²) in [5, 5.41) is 4.59. The minimum Gasteiger partial charge on any atom is -0.349 e. The van der Waals surface area contributed by atoms with E-state index in [1.807, 2.05) is 50.1 Å². The number of hydrogen-bond donors (Lipinski definition) is 0. The molecule has 6 nitrogen and oxygen atoms in total. The van der Waals surface area contributed by atoms with E-state index in [9.17, 15) is 0 Å². The Balaban J connectivity index is 2.15. The maximum Gasteiger partial charge on any atom is 0.248 e. The minimum absolute atomic E-state index is 0.333. The van der Waals surface area contributed by atoms with Gasteiger partial charge in [0.1, 0.15) is 6.54 Å². The maximum atomic E-state index is 5.95. The molecule has 2 aromatic rings. The van der Waals surface area contributed by atoms with Crippen molar-refractivity contribution in [1.82, 2.24) is 19.9 Å². The molecule has 2 rings (SSSR count). The van der Waals surface area contributed by atoms with E-state index in [-0.39, 0.29) is 0 Å². The summed E-state index contributed by atoms with van der Waals surface area (Å²) in [6.45, 7) is 0.333. The topological polar surface area (TPSA) is 57.8 Å². The largest absolute Gasteiger partial charge is 0.349 e. The second-order valence-corrected chi connectivity index (χ2v) is 5.36. The monoisotopic (exact) mass is 307 g/mol. The summed E-state index contributed by atoms with van der Waals surface area (Å²) in [5.74, 6) is 1.81. The summed E-state index contributed by atoms with van der Waals surface area (Å²) in [6.07, 6.45) is 0. The summed E-state index contributed by atoms with van der Waals surface area (Å²) in [5.41, 5.74) is 0.821. The van der Waals surface area contributed by atoms with Crippen LogP contribution in [-0.4, -0.2) is 54.1 Å². The average molecular weight is 308 g/mol. The number of nitrogens with zero attached hydrogens (tertiary/aromatic N) is 5. The van der Waals surface area contributed by atoms with Crippen molar-refractivity contribution < 1.29 is 4.52 Å². The Bertz CT molecular complexity index is 626. The zero-order chi connectivity index (χ0) is 15.4. The lowest BCUT2D eigenvalue weighted by Gasteiger charge is -2.22. The van der Waals surface area contributed by atoms with Crippen molar-refractivity contribution >= 4 is 17.6 Å². The van der Waals surface area contributed by atoms with Crippen LogP contribution < -0.4 is 0 Å². The minimum atomic E-state index is 0.333. The highest BCUT2D eigenvalue weighted by molar-refractivity contribution is 6.30. The van der Waals surface area contributed by atoms with E-state index in [0.29, 0.717) is 23.3 Å². The third kappa shape index (κ3) is 3.95. The van der Waals surface area contributed by atoms with Crippen LogP contribution in [0.25, 0.3) is 11.4 Å². The predicted octanol–water partition coefficient (Wildman–Crippen LogP) is 2.37. The van der Waals surface area contributed by atoms with Gasteiger partial charge >= 0.3 is 0 Å². The average Bonchev–Trinajstić information content (AvgIpc) is 2.87. The molecular weight excluding hydrogens is 290 g/mol. The van der Waals surface area contributed by atoms with E-state index in [4.69, 9.17) is 16.1 Å². The molecule has 7 heteroatoms. The van der Waals surface area contributed by atoms with Gasteiger partial charge in [0.05, 0.1) is 0 Å². The molecule has 0 saturated carbocycles. The molecule has 0 bridgehead atoms. The van der Waals surface area contributed by atoms with Crippen LogP contribution in [0.15, 0.2) is 33.8 Å². The van der Waals surface area contributed by atoms with Gasteiger partial charge in [0.2, 0.25) is 11.7 Å². The van der Waals surface area contributed by atoms with Crippen LogP contribution in [-0.2, 0) is 6.54 Å². The van der Waals surface area contributed by atoms with E-state index >= 15 is 0 Å². The molecule has 112 valence electrons. The lowest BCUT2D eigenvalue weighted by atomic mass is 10.2. The molecule has 0 aliphatic heterocycles. The van der Waals surface area contributed by atoms with Crippen LogP contribution >= 0.6 is 11.6 Å². The molecule has 0 aliphatic carbocycles. The van der Waals surface area contributed by atoms with Crippen molar-refractivity contribution in [3.05, 3.63) is 35.2 Å². The molecule has 0 unspecified atom stereocenters. The highest BCUT2D eigenvalue weighted by atomic mass is 35.5. The maximum absolute atomic E-state index is 5.95. The SMILES string of the molecule is CN(C)C(=NCc1nc(-c2cccc(Cl)c2)no1)N(C)C. The fraction of sp³-hybridized carbons (Fsp3) is 0.357. The van der Waals surface area contributed by atoms with Gasteiger partial charge in [-0.3, -0.25) is 0 Å². The van der Waals surface area contributed by atoms with Gasteiger partial charge in [-0.2, -0.15) is 4.98 Å². The first kappa shape index (κ1) is 15.3. The second-order valence-electron chi connectivity index (χ2n) is 4.93. The first-order chi connectivity index (χ1) is 9.97. The number of aromatic nitrogens is 2. The Morgan fingerprint density at radius 3 is 2.57 bits per heavy atom. The van der Waals surface area contributed by atoms with Crippen molar-refractivity contribution in [2.45, 2.75) is 6.54 Å². The molecule has 0 atom stereocenters. The number of benzene rings is 1. The molecule has 0 saturated heterocycles. The van der Waals surface area contributed by atoms with Crippen molar-refractivity contribution in [3.63, 3.8) is 0 Å². The molecule has 1 aromatic carbocycles. The van der Waals surface area contributed by atoms with Gasteiger partial charge in [0.25, 0.3) is 0 Å². The number of rotatable bonds is 3. The third-order valence-corrected chi connectivity index (χ3v) is 2.94. The van der Waals surface area contributed by atoms with Gasteiger partial charge < -0.3 is 14.3 Å². The summed E-state index contributed by atoms with van der Waals surface area (Å²) >= 11 is 5.95. The van der Waals surface area contributed by atoms with Crippen LogP contribution in [0.1, 0.15) is 5.89 Å². The normalized spacial score (nSPS) is 10.3. The van der Waals surface area contributed by atoms with E-state index in [0.717, 1.165) is 11.5 Å². The van der Waals surface area contributed by atoms with Crippen molar-refractivity contribution in [2.24, 2.45) is 4.99 Å². The van der Waals surface area contributed by atoms with Crippen molar-refractivity contribution in [2.75, 3.05) is 28.2 Å². The van der Waals surface area contributed by atoms with E-state index in [1.54, 1.807) is 12.1 Å². The number of guanidine groups is 1. The van der Waals surface area contributed by atoms with E-state index in [2.05, 4.69) is 15.1 Å². The van der Waals surface area contributed by atoms with E-state index in [1.165, 1.54) is 0 Å². The summed E-state index contributed by atoms with van der Waals surface area (Å²) in [6, 6.07) is 7.33. The van der Waals surface area contributed by atoms with Gasteiger partial charge in [-0.05, 0) is 12.1 Å². The fourth-order valence-electron chi connectivity index (χ4n) is 1.89. The van der Waals surface area contributed by atoms with Gasteiger partial charge in [0, 0.05) is 38.8 Å².